The van der Waals surface area contributed by atoms with Gasteiger partial charge in [-0.25, -0.2) is 12.8 Å². The van der Waals surface area contributed by atoms with Gasteiger partial charge < -0.3 is 9.64 Å². The summed E-state index contributed by atoms with van der Waals surface area (Å²) in [6.45, 7) is 2.86. The summed E-state index contributed by atoms with van der Waals surface area (Å²) in [5.41, 5.74) is 0.572. The molecule has 2 aromatic carbocycles. The fourth-order valence-electron chi connectivity index (χ4n) is 3.45. The Morgan fingerprint density at radius 2 is 1.83 bits per heavy atom. The van der Waals surface area contributed by atoms with E-state index in [1.807, 2.05) is 6.92 Å². The van der Waals surface area contributed by atoms with Crippen LogP contribution >= 0.6 is 0 Å². The number of ether oxygens (including phenoxy) is 1. The van der Waals surface area contributed by atoms with E-state index in [1.165, 1.54) is 45.6 Å². The molecular formula is C21H25FN2O4S. The van der Waals surface area contributed by atoms with E-state index in [0.29, 0.717) is 37.4 Å². The Kier molecular flexibility index (Phi) is 6.54. The smallest absolute Gasteiger partial charge is 0.243 e. The van der Waals surface area contributed by atoms with Crippen molar-refractivity contribution in [2.45, 2.75) is 24.7 Å². The monoisotopic (exact) mass is 420 g/mol. The number of carbonyl (C=O) groups is 1. The number of benzene rings is 2. The highest BCUT2D eigenvalue weighted by Crippen LogP contribution is 2.27. The van der Waals surface area contributed by atoms with Crippen LogP contribution in [0.4, 0.5) is 10.1 Å². The van der Waals surface area contributed by atoms with Gasteiger partial charge >= 0.3 is 0 Å². The fraction of sp³-hybridized carbons (Fsp3) is 0.381. The summed E-state index contributed by atoms with van der Waals surface area (Å²) in [6, 6.07) is 12.0. The summed E-state index contributed by atoms with van der Waals surface area (Å²) in [6.07, 6.45) is 1.21. The van der Waals surface area contributed by atoms with Crippen molar-refractivity contribution in [3.8, 4) is 5.75 Å². The van der Waals surface area contributed by atoms with Gasteiger partial charge in [0.15, 0.2) is 0 Å². The zero-order valence-corrected chi connectivity index (χ0v) is 17.4. The second-order valence-corrected chi connectivity index (χ2v) is 8.92. The normalized spacial score (nSPS) is 17.7. The van der Waals surface area contributed by atoms with Gasteiger partial charge in [0.1, 0.15) is 11.6 Å². The van der Waals surface area contributed by atoms with Crippen molar-refractivity contribution in [1.82, 2.24) is 4.31 Å². The highest BCUT2D eigenvalue weighted by Gasteiger charge is 2.34. The molecule has 1 saturated heterocycles. The third-order valence-corrected chi connectivity index (χ3v) is 6.93. The molecular weight excluding hydrogens is 395 g/mol. The number of nitrogens with zero attached hydrogens (tertiary/aromatic N) is 2. The van der Waals surface area contributed by atoms with E-state index in [0.717, 1.165) is 0 Å². The molecule has 0 spiro atoms. The first kappa shape index (κ1) is 21.3. The van der Waals surface area contributed by atoms with Crippen LogP contribution in [0, 0.1) is 11.7 Å². The quantitative estimate of drug-likeness (QED) is 0.719. The van der Waals surface area contributed by atoms with Gasteiger partial charge in [0.2, 0.25) is 15.9 Å². The lowest BCUT2D eigenvalue weighted by Crippen LogP contribution is -2.45. The lowest BCUT2D eigenvalue weighted by molar-refractivity contribution is -0.123. The van der Waals surface area contributed by atoms with Gasteiger partial charge in [0.05, 0.1) is 17.4 Å². The van der Waals surface area contributed by atoms with E-state index in [-0.39, 0.29) is 23.2 Å². The van der Waals surface area contributed by atoms with E-state index in [9.17, 15) is 17.6 Å². The number of carbonyl (C=O) groups excluding carboxylic acids is 1. The van der Waals surface area contributed by atoms with Gasteiger partial charge in [0.25, 0.3) is 0 Å². The standard InChI is InChI=1S/C21H25FN2O4S/c1-3-28-19-10-12-20(13-11-19)29(26,27)24-14-4-5-16(15-24)21(25)23(2)18-8-6-17(22)7-9-18/h6-13,16H,3-5,14-15H2,1-2H3/t16-/m0/s1. The summed E-state index contributed by atoms with van der Waals surface area (Å²) in [5.74, 6) is -0.390. The lowest BCUT2D eigenvalue weighted by atomic mass is 9.98. The summed E-state index contributed by atoms with van der Waals surface area (Å²) >= 11 is 0. The molecule has 0 N–H and O–H groups in total. The van der Waals surface area contributed by atoms with Crippen molar-refractivity contribution in [3.05, 3.63) is 54.3 Å². The summed E-state index contributed by atoms with van der Waals surface area (Å²) < 4.78 is 45.9. The van der Waals surface area contributed by atoms with E-state index < -0.39 is 15.9 Å². The molecule has 0 aromatic heterocycles. The van der Waals surface area contributed by atoms with Crippen molar-refractivity contribution < 1.29 is 22.3 Å². The number of sulfonamides is 1. The maximum Gasteiger partial charge on any atom is 0.243 e. The largest absolute Gasteiger partial charge is 0.494 e. The number of anilines is 1. The van der Waals surface area contributed by atoms with E-state index >= 15 is 0 Å². The molecule has 6 nitrogen and oxygen atoms in total. The topological polar surface area (TPSA) is 66.9 Å². The van der Waals surface area contributed by atoms with E-state index in [2.05, 4.69) is 0 Å². The molecule has 0 unspecified atom stereocenters. The van der Waals surface area contributed by atoms with Crippen LogP contribution in [0.5, 0.6) is 5.75 Å². The summed E-state index contributed by atoms with van der Waals surface area (Å²) in [5, 5.41) is 0. The molecule has 0 aliphatic carbocycles. The molecule has 3 rings (SSSR count). The van der Waals surface area contributed by atoms with E-state index in [1.54, 1.807) is 19.2 Å². The van der Waals surface area contributed by atoms with E-state index in [4.69, 9.17) is 4.74 Å². The van der Waals surface area contributed by atoms with Gasteiger partial charge in [-0.1, -0.05) is 0 Å². The third-order valence-electron chi connectivity index (χ3n) is 5.05. The first-order valence-electron chi connectivity index (χ1n) is 9.59. The molecule has 8 heteroatoms. The number of rotatable bonds is 6. The van der Waals surface area contributed by atoms with Crippen LogP contribution in [0.1, 0.15) is 19.8 Å². The Hall–Kier alpha value is -2.45. The van der Waals surface area contributed by atoms with Gasteiger partial charge in [-0.3, -0.25) is 4.79 Å². The number of piperidine rings is 1. The Morgan fingerprint density at radius 3 is 2.45 bits per heavy atom. The molecule has 2 aromatic rings. The maximum atomic E-state index is 13.1. The van der Waals surface area contributed by atoms with Crippen molar-refractivity contribution in [1.29, 1.82) is 0 Å². The van der Waals surface area contributed by atoms with Gasteiger partial charge in [0, 0.05) is 25.8 Å². The van der Waals surface area contributed by atoms with Gasteiger partial charge in [-0.05, 0) is 68.3 Å². The Balaban J connectivity index is 1.73. The first-order chi connectivity index (χ1) is 13.8. The van der Waals surface area contributed by atoms with Crippen molar-refractivity contribution >= 4 is 21.6 Å². The average Bonchev–Trinajstić information content (AvgIpc) is 2.74. The predicted octanol–water partition coefficient (Wildman–Crippen LogP) is 3.29. The lowest BCUT2D eigenvalue weighted by Gasteiger charge is -2.33. The minimum atomic E-state index is -3.70. The Labute approximate surface area is 170 Å². The molecule has 1 amide bonds. The molecule has 1 heterocycles. The summed E-state index contributed by atoms with van der Waals surface area (Å²) in [7, 11) is -2.08. The average molecular weight is 421 g/mol. The minimum absolute atomic E-state index is 0.125. The van der Waals surface area contributed by atoms with Crippen molar-refractivity contribution in [2.24, 2.45) is 5.92 Å². The van der Waals surface area contributed by atoms with Crippen LogP contribution in [0.25, 0.3) is 0 Å². The van der Waals surface area contributed by atoms with Crippen LogP contribution in [-0.4, -0.2) is 45.4 Å². The zero-order valence-electron chi connectivity index (χ0n) is 16.5. The molecule has 1 fully saturated rings. The number of halogens is 1. The molecule has 1 atom stereocenters. The molecule has 0 saturated carbocycles. The summed E-state index contributed by atoms with van der Waals surface area (Å²) in [4.78, 5) is 14.5. The first-order valence-corrected chi connectivity index (χ1v) is 11.0. The molecule has 0 radical (unpaired) electrons. The Morgan fingerprint density at radius 1 is 1.17 bits per heavy atom. The molecule has 156 valence electrons. The van der Waals surface area contributed by atoms with Crippen LogP contribution in [-0.2, 0) is 14.8 Å². The number of hydrogen-bond acceptors (Lipinski definition) is 4. The molecule has 29 heavy (non-hydrogen) atoms. The number of hydrogen-bond donors (Lipinski definition) is 0. The van der Waals surface area contributed by atoms with Crippen molar-refractivity contribution in [3.63, 3.8) is 0 Å². The maximum absolute atomic E-state index is 13.1. The minimum Gasteiger partial charge on any atom is -0.494 e. The molecule has 1 aliphatic rings. The number of amides is 1. The van der Waals surface area contributed by atoms with Crippen molar-refractivity contribution in [2.75, 3.05) is 31.6 Å². The fourth-order valence-corrected chi connectivity index (χ4v) is 4.98. The second kappa shape index (κ2) is 8.92. The van der Waals surface area contributed by atoms with Crippen LogP contribution in [0.2, 0.25) is 0 Å². The highest BCUT2D eigenvalue weighted by atomic mass is 32.2. The third kappa shape index (κ3) is 4.76. The SMILES string of the molecule is CCOc1ccc(S(=O)(=O)N2CCC[C@H](C(=O)N(C)c3ccc(F)cc3)C2)cc1. The highest BCUT2D eigenvalue weighted by molar-refractivity contribution is 7.89. The van der Waals surface area contributed by atoms with Crippen LogP contribution in [0.15, 0.2) is 53.4 Å². The van der Waals surface area contributed by atoms with Crippen LogP contribution in [0.3, 0.4) is 0 Å². The van der Waals surface area contributed by atoms with Crippen LogP contribution < -0.4 is 9.64 Å². The predicted molar refractivity (Wildman–Crippen MR) is 109 cm³/mol. The Bertz CT molecular complexity index is 946. The zero-order chi connectivity index (χ0) is 21.0. The van der Waals surface area contributed by atoms with Gasteiger partial charge in [-0.2, -0.15) is 4.31 Å². The van der Waals surface area contributed by atoms with Gasteiger partial charge in [-0.15, -0.1) is 0 Å². The molecule has 1 aliphatic heterocycles. The molecule has 0 bridgehead atoms. The second-order valence-electron chi connectivity index (χ2n) is 6.98.